The van der Waals surface area contributed by atoms with E-state index < -0.39 is 36.0 Å². The van der Waals surface area contributed by atoms with Crippen LogP contribution in [0.2, 0.25) is 0 Å². The van der Waals surface area contributed by atoms with Crippen molar-refractivity contribution < 1.29 is 28.6 Å². The minimum Gasteiger partial charge on any atom is -0.481 e. The van der Waals surface area contributed by atoms with Crippen LogP contribution in [0.4, 0.5) is 16.2 Å². The number of nitrogen functional groups attached to an aromatic ring is 1. The van der Waals surface area contributed by atoms with Crippen LogP contribution in [0.25, 0.3) is 11.2 Å². The number of aromatic nitrogens is 4. The summed E-state index contributed by atoms with van der Waals surface area (Å²) in [5.74, 6) is -1.32. The average molecular weight is 472 g/mol. The number of carbonyl (C=O) groups is 2. The van der Waals surface area contributed by atoms with E-state index in [-0.39, 0.29) is 24.4 Å². The van der Waals surface area contributed by atoms with E-state index in [1.54, 1.807) is 31.3 Å². The fraction of sp³-hybridized carbons (Fsp3) is 0.409. The largest absolute Gasteiger partial charge is 0.481 e. The van der Waals surface area contributed by atoms with Gasteiger partial charge in [-0.15, -0.1) is 0 Å². The van der Waals surface area contributed by atoms with Crippen molar-refractivity contribution >= 4 is 34.9 Å². The zero-order valence-corrected chi connectivity index (χ0v) is 18.9. The Kier molecular flexibility index (Phi) is 6.09. The molecule has 2 aromatic heterocycles. The van der Waals surface area contributed by atoms with Gasteiger partial charge in [0.15, 0.2) is 35.0 Å². The first-order chi connectivity index (χ1) is 16.1. The van der Waals surface area contributed by atoms with E-state index in [0.29, 0.717) is 22.5 Å². The lowest BCUT2D eigenvalue weighted by Crippen LogP contribution is -2.43. The van der Waals surface area contributed by atoms with Crippen molar-refractivity contribution in [1.82, 2.24) is 19.5 Å². The molecule has 4 rings (SSSR count). The molecule has 4 atom stereocenters. The molecule has 1 fully saturated rings. The highest BCUT2D eigenvalue weighted by Gasteiger charge is 2.58. The molecule has 180 valence electrons. The Labute approximate surface area is 194 Å². The molecule has 4 N–H and O–H groups in total. The summed E-state index contributed by atoms with van der Waals surface area (Å²) in [5.41, 5.74) is 5.48. The molecule has 1 aromatic carbocycles. The highest BCUT2D eigenvalue weighted by molar-refractivity contribution is 5.84. The minimum absolute atomic E-state index is 0.0344. The lowest BCUT2D eigenvalue weighted by atomic mass is 9.92. The Bertz CT molecular complexity index is 1250. The van der Waals surface area contributed by atoms with Gasteiger partial charge in [0.05, 0.1) is 12.7 Å². The first kappa shape index (κ1) is 23.4. The average Bonchev–Trinajstić information content (AvgIpc) is 3.27. The van der Waals surface area contributed by atoms with Crippen LogP contribution in [0.1, 0.15) is 31.2 Å². The summed E-state index contributed by atoms with van der Waals surface area (Å²) in [5, 5.41) is 12.1. The Morgan fingerprint density at radius 2 is 2.03 bits per heavy atom. The van der Waals surface area contributed by atoms with Gasteiger partial charge in [0.25, 0.3) is 0 Å². The summed E-state index contributed by atoms with van der Waals surface area (Å²) in [4.78, 5) is 35.7. The van der Waals surface area contributed by atoms with E-state index in [1.807, 2.05) is 0 Å². The number of fused-ring (bicyclic) bond motifs is 1. The molecule has 1 saturated heterocycles. The predicted octanol–water partition coefficient (Wildman–Crippen LogP) is 1.88. The van der Waals surface area contributed by atoms with Crippen LogP contribution >= 0.6 is 0 Å². The lowest BCUT2D eigenvalue weighted by Gasteiger charge is -2.27. The maximum atomic E-state index is 16.3. The van der Waals surface area contributed by atoms with E-state index in [2.05, 4.69) is 20.3 Å². The van der Waals surface area contributed by atoms with Gasteiger partial charge in [-0.25, -0.2) is 9.37 Å². The molecule has 12 heteroatoms. The highest BCUT2D eigenvalue weighted by atomic mass is 19.1. The molecular weight excluding hydrogens is 447 g/mol. The van der Waals surface area contributed by atoms with Gasteiger partial charge in [-0.3, -0.25) is 14.2 Å². The summed E-state index contributed by atoms with van der Waals surface area (Å²) in [7, 11) is 1.65. The maximum Gasteiger partial charge on any atom is 0.307 e. The number of nitrogens with one attached hydrogen (secondary N) is 1. The molecule has 1 aliphatic heterocycles. The molecule has 0 spiro atoms. The second-order valence-corrected chi connectivity index (χ2v) is 8.26. The van der Waals surface area contributed by atoms with Crippen LogP contribution in [-0.4, -0.2) is 61.5 Å². The van der Waals surface area contributed by atoms with E-state index >= 15 is 4.39 Å². The van der Waals surface area contributed by atoms with Crippen molar-refractivity contribution in [2.75, 3.05) is 18.1 Å². The topological polar surface area (TPSA) is 154 Å². The van der Waals surface area contributed by atoms with Crippen molar-refractivity contribution in [2.24, 2.45) is 0 Å². The van der Waals surface area contributed by atoms with Crippen molar-refractivity contribution in [3.8, 4) is 0 Å². The van der Waals surface area contributed by atoms with E-state index in [4.69, 9.17) is 15.2 Å². The number of anilines is 2. The summed E-state index contributed by atoms with van der Waals surface area (Å²) in [6.45, 7) is 2.47. The Hall–Kier alpha value is -3.80. The number of carboxylic acids is 1. The molecule has 3 heterocycles. The van der Waals surface area contributed by atoms with Gasteiger partial charge in [-0.1, -0.05) is 24.3 Å². The number of esters is 1. The Morgan fingerprint density at radius 1 is 1.32 bits per heavy atom. The number of alkyl halides is 1. The Morgan fingerprint density at radius 3 is 2.68 bits per heavy atom. The normalized spacial score (nSPS) is 24.3. The van der Waals surface area contributed by atoms with Gasteiger partial charge in [-0.05, 0) is 18.1 Å². The van der Waals surface area contributed by atoms with Crippen LogP contribution in [0.5, 0.6) is 0 Å². The highest BCUT2D eigenvalue weighted by Crippen LogP contribution is 2.45. The molecule has 0 radical (unpaired) electrons. The number of carbonyl (C=O) groups excluding carboxylic acids is 1. The number of hydrogen-bond acceptors (Lipinski definition) is 9. The summed E-state index contributed by atoms with van der Waals surface area (Å²) < 4.78 is 29.2. The van der Waals surface area contributed by atoms with Crippen molar-refractivity contribution in [1.29, 1.82) is 0 Å². The van der Waals surface area contributed by atoms with E-state index in [1.165, 1.54) is 24.7 Å². The number of benzene rings is 1. The number of rotatable bonds is 7. The first-order valence-corrected chi connectivity index (χ1v) is 10.6. The molecule has 11 nitrogen and oxygen atoms in total. The van der Waals surface area contributed by atoms with Gasteiger partial charge >= 0.3 is 11.9 Å². The molecule has 1 aliphatic rings. The fourth-order valence-electron chi connectivity index (χ4n) is 4.32. The molecule has 0 amide bonds. The SMILES string of the molecule is CNc1nc(N)nc2c1ncn2[C@@H]1O[C@H](Cc2ccccc2CC(=O)O)[C@@H](OC(C)=O)[C@@]1(C)F. The van der Waals surface area contributed by atoms with Crippen LogP contribution in [-0.2, 0) is 31.9 Å². The number of nitrogens with two attached hydrogens (primary N) is 1. The van der Waals surface area contributed by atoms with Crippen LogP contribution < -0.4 is 11.1 Å². The zero-order valence-electron chi connectivity index (χ0n) is 18.9. The number of nitrogens with zero attached hydrogens (tertiary/aromatic N) is 4. The molecule has 0 aliphatic carbocycles. The van der Waals surface area contributed by atoms with Crippen molar-refractivity contribution in [2.45, 2.75) is 50.8 Å². The molecular formula is C22H25FN6O5. The lowest BCUT2D eigenvalue weighted by molar-refractivity contribution is -0.154. The van der Waals surface area contributed by atoms with Gasteiger partial charge in [0, 0.05) is 20.4 Å². The number of halogens is 1. The van der Waals surface area contributed by atoms with Crippen LogP contribution in [0, 0.1) is 0 Å². The third-order valence-electron chi connectivity index (χ3n) is 5.78. The van der Waals surface area contributed by atoms with Gasteiger partial charge in [0.2, 0.25) is 5.95 Å². The molecule has 34 heavy (non-hydrogen) atoms. The summed E-state index contributed by atoms with van der Waals surface area (Å²) in [6, 6.07) is 6.91. The van der Waals surface area contributed by atoms with Crippen molar-refractivity contribution in [3.63, 3.8) is 0 Å². The third kappa shape index (κ3) is 4.23. The molecule has 0 unspecified atom stereocenters. The summed E-state index contributed by atoms with van der Waals surface area (Å²) in [6.07, 6.45) is -2.13. The monoisotopic (exact) mass is 472 g/mol. The maximum absolute atomic E-state index is 16.3. The summed E-state index contributed by atoms with van der Waals surface area (Å²) >= 11 is 0. The quantitative estimate of drug-likeness (QED) is 0.434. The minimum atomic E-state index is -2.18. The standard InChI is InChI=1S/C22H25FN6O5/c1-11(30)33-17-14(8-12-6-4-5-7-13(12)9-15(31)32)34-20(22(17,2)23)29-10-26-16-18(25-3)27-21(24)28-19(16)29/h4-7,10,14,17,20H,8-9H2,1-3H3,(H,31,32)(H3,24,25,27,28)/t14-,17-,20-,22-/m1/s1. The number of imidazole rings is 1. The zero-order chi connectivity index (χ0) is 24.6. The second kappa shape index (κ2) is 8.86. The van der Waals surface area contributed by atoms with Gasteiger partial charge in [0.1, 0.15) is 6.10 Å². The predicted molar refractivity (Wildman–Crippen MR) is 120 cm³/mol. The van der Waals surface area contributed by atoms with Crippen molar-refractivity contribution in [3.05, 3.63) is 41.7 Å². The number of hydrogen-bond donors (Lipinski definition) is 3. The third-order valence-corrected chi connectivity index (χ3v) is 5.78. The van der Waals surface area contributed by atoms with Gasteiger partial charge < -0.3 is 25.6 Å². The number of aliphatic carboxylic acids is 1. The number of carboxylic acid groups (broad SMARTS) is 1. The molecule has 0 saturated carbocycles. The van der Waals surface area contributed by atoms with E-state index in [9.17, 15) is 14.7 Å². The first-order valence-electron chi connectivity index (χ1n) is 10.6. The van der Waals surface area contributed by atoms with E-state index in [0.717, 1.165) is 0 Å². The van der Waals surface area contributed by atoms with Crippen LogP contribution in [0.3, 0.4) is 0 Å². The second-order valence-electron chi connectivity index (χ2n) is 8.26. The molecule has 3 aromatic rings. The van der Waals surface area contributed by atoms with Gasteiger partial charge in [-0.2, -0.15) is 9.97 Å². The number of ether oxygens (including phenoxy) is 2. The fourth-order valence-corrected chi connectivity index (χ4v) is 4.32. The van der Waals surface area contributed by atoms with Crippen LogP contribution in [0.15, 0.2) is 30.6 Å². The smallest absolute Gasteiger partial charge is 0.307 e. The molecule has 0 bridgehead atoms. The Balaban J connectivity index is 1.75.